The van der Waals surface area contributed by atoms with Crippen LogP contribution in [0.2, 0.25) is 0 Å². The van der Waals surface area contributed by atoms with Gasteiger partial charge in [0.2, 0.25) is 5.91 Å². The van der Waals surface area contributed by atoms with E-state index in [1.807, 2.05) is 0 Å². The topological polar surface area (TPSA) is 83.5 Å². The fraction of sp³-hybridized carbons (Fsp3) is 0.812. The van der Waals surface area contributed by atoms with Gasteiger partial charge in [-0.1, -0.05) is 57.9 Å². The molecule has 0 fully saturated rings. The second-order valence-corrected chi connectivity index (χ2v) is 7.43. The molecule has 0 bridgehead atoms. The average molecular weight is 333 g/mol. The van der Waals surface area contributed by atoms with Crippen LogP contribution in [0.5, 0.6) is 0 Å². The Hall–Kier alpha value is -0.880. The summed E-state index contributed by atoms with van der Waals surface area (Å²) in [6, 6.07) is 0. The molecule has 0 atom stereocenters. The maximum Gasteiger partial charge on any atom is 0.264 e. The van der Waals surface area contributed by atoms with Gasteiger partial charge in [-0.25, -0.2) is 0 Å². The largest absolute Gasteiger partial charge is 0.352 e. The molecule has 0 rings (SSSR count). The Morgan fingerprint density at radius 2 is 1.32 bits per heavy atom. The van der Waals surface area contributed by atoms with Crippen molar-refractivity contribution in [2.45, 2.75) is 71.1 Å². The third-order valence-electron chi connectivity index (χ3n) is 3.50. The van der Waals surface area contributed by atoms with E-state index in [9.17, 15) is 13.2 Å². The van der Waals surface area contributed by atoms with Gasteiger partial charge < -0.3 is 5.32 Å². The molecule has 2 N–H and O–H groups in total. The lowest BCUT2D eigenvalue weighted by Crippen LogP contribution is -2.24. The molecule has 0 aliphatic rings. The van der Waals surface area contributed by atoms with Crippen LogP contribution < -0.4 is 5.32 Å². The Kier molecular flexibility index (Phi) is 12.1. The highest BCUT2D eigenvalue weighted by molar-refractivity contribution is 7.85. The standard InChI is InChI=1S/C16H31NO4S/c1-15(2)16(18)17-13-11-9-7-5-3-4-6-8-10-12-14-22(19,20)21/h1,3-14H2,2H3,(H,17,18)(H,19,20,21). The first-order chi connectivity index (χ1) is 10.3. The first kappa shape index (κ1) is 21.1. The van der Waals surface area contributed by atoms with Crippen molar-refractivity contribution in [3.8, 4) is 0 Å². The molecule has 6 heteroatoms. The van der Waals surface area contributed by atoms with Crippen molar-refractivity contribution < 1.29 is 17.8 Å². The number of hydrogen-bond acceptors (Lipinski definition) is 3. The molecule has 5 nitrogen and oxygen atoms in total. The fourth-order valence-electron chi connectivity index (χ4n) is 2.18. The molecular weight excluding hydrogens is 302 g/mol. The van der Waals surface area contributed by atoms with Crippen molar-refractivity contribution in [1.82, 2.24) is 5.32 Å². The van der Waals surface area contributed by atoms with Gasteiger partial charge in [-0.2, -0.15) is 8.42 Å². The van der Waals surface area contributed by atoms with Crippen LogP contribution in [-0.2, 0) is 14.9 Å². The minimum atomic E-state index is -3.78. The molecule has 0 aromatic heterocycles. The van der Waals surface area contributed by atoms with E-state index in [0.29, 0.717) is 12.0 Å². The number of rotatable bonds is 14. The molecule has 0 aromatic rings. The Bertz CT molecular complexity index is 418. The Morgan fingerprint density at radius 1 is 0.909 bits per heavy atom. The number of nitrogens with one attached hydrogen (secondary N) is 1. The fourth-order valence-corrected chi connectivity index (χ4v) is 2.75. The summed E-state index contributed by atoms with van der Waals surface area (Å²) in [7, 11) is -3.78. The minimum absolute atomic E-state index is 0.0611. The molecule has 130 valence electrons. The average Bonchev–Trinajstić information content (AvgIpc) is 2.42. The van der Waals surface area contributed by atoms with E-state index in [1.165, 1.54) is 25.7 Å². The van der Waals surface area contributed by atoms with Crippen LogP contribution in [0.3, 0.4) is 0 Å². The zero-order chi connectivity index (χ0) is 16.8. The number of hydrogen-bond donors (Lipinski definition) is 2. The van der Waals surface area contributed by atoms with Crippen molar-refractivity contribution in [3.05, 3.63) is 12.2 Å². The molecule has 0 saturated carbocycles. The summed E-state index contributed by atoms with van der Waals surface area (Å²) in [6.45, 7) is 6.02. The lowest BCUT2D eigenvalue weighted by atomic mass is 10.1. The van der Waals surface area contributed by atoms with Gasteiger partial charge in [0, 0.05) is 12.1 Å². The molecule has 0 aliphatic heterocycles. The van der Waals surface area contributed by atoms with Crippen LogP contribution in [0, 0.1) is 0 Å². The highest BCUT2D eigenvalue weighted by atomic mass is 32.2. The maximum absolute atomic E-state index is 11.2. The zero-order valence-corrected chi connectivity index (χ0v) is 14.6. The van der Waals surface area contributed by atoms with Gasteiger partial charge >= 0.3 is 0 Å². The van der Waals surface area contributed by atoms with E-state index < -0.39 is 10.1 Å². The molecule has 0 aromatic carbocycles. The molecule has 0 radical (unpaired) electrons. The summed E-state index contributed by atoms with van der Waals surface area (Å²) >= 11 is 0. The van der Waals surface area contributed by atoms with Gasteiger partial charge in [-0.15, -0.1) is 0 Å². The molecule has 0 spiro atoms. The van der Waals surface area contributed by atoms with Crippen LogP contribution in [-0.4, -0.2) is 31.2 Å². The van der Waals surface area contributed by atoms with Crippen LogP contribution in [0.15, 0.2) is 12.2 Å². The normalized spacial score (nSPS) is 11.4. The van der Waals surface area contributed by atoms with Crippen LogP contribution in [0.25, 0.3) is 0 Å². The second-order valence-electron chi connectivity index (χ2n) is 5.86. The van der Waals surface area contributed by atoms with Gasteiger partial charge in [0.1, 0.15) is 0 Å². The van der Waals surface area contributed by atoms with E-state index in [-0.39, 0.29) is 11.7 Å². The SMILES string of the molecule is C=C(C)C(=O)NCCCCCCCCCCCCS(=O)(=O)O. The zero-order valence-electron chi connectivity index (χ0n) is 13.8. The summed E-state index contributed by atoms with van der Waals surface area (Å²) in [5.74, 6) is -0.177. The van der Waals surface area contributed by atoms with E-state index >= 15 is 0 Å². The van der Waals surface area contributed by atoms with Crippen LogP contribution >= 0.6 is 0 Å². The molecular formula is C16H31NO4S. The molecule has 1 amide bonds. The quantitative estimate of drug-likeness (QED) is 0.290. The van der Waals surface area contributed by atoms with Gasteiger partial charge in [0.25, 0.3) is 10.1 Å². The van der Waals surface area contributed by atoms with E-state index in [0.717, 1.165) is 38.6 Å². The lowest BCUT2D eigenvalue weighted by molar-refractivity contribution is -0.117. The van der Waals surface area contributed by atoms with Crippen molar-refractivity contribution >= 4 is 16.0 Å². The van der Waals surface area contributed by atoms with Gasteiger partial charge in [0.15, 0.2) is 0 Å². The number of amides is 1. The predicted octanol–water partition coefficient (Wildman–Crippen LogP) is 3.47. The van der Waals surface area contributed by atoms with Gasteiger partial charge in [-0.3, -0.25) is 9.35 Å². The molecule has 0 aliphatic carbocycles. The summed E-state index contributed by atoms with van der Waals surface area (Å²) in [5, 5.41) is 2.82. The maximum atomic E-state index is 11.2. The summed E-state index contributed by atoms with van der Waals surface area (Å²) in [5.41, 5.74) is 0.552. The molecule has 0 saturated heterocycles. The Morgan fingerprint density at radius 3 is 1.73 bits per heavy atom. The highest BCUT2D eigenvalue weighted by Gasteiger charge is 2.03. The van der Waals surface area contributed by atoms with Crippen LogP contribution in [0.1, 0.15) is 71.1 Å². The Balaban J connectivity index is 3.18. The number of carbonyl (C=O) groups is 1. The van der Waals surface area contributed by atoms with E-state index in [1.54, 1.807) is 6.92 Å². The summed E-state index contributed by atoms with van der Waals surface area (Å²) in [4.78, 5) is 11.2. The number of carbonyl (C=O) groups excluding carboxylic acids is 1. The third kappa shape index (κ3) is 15.5. The summed E-state index contributed by atoms with van der Waals surface area (Å²) < 4.78 is 29.6. The predicted molar refractivity (Wildman–Crippen MR) is 90.4 cm³/mol. The van der Waals surface area contributed by atoms with Crippen molar-refractivity contribution in [2.75, 3.05) is 12.3 Å². The lowest BCUT2D eigenvalue weighted by Gasteiger charge is -2.05. The van der Waals surface area contributed by atoms with Gasteiger partial charge in [-0.05, 0) is 19.8 Å². The van der Waals surface area contributed by atoms with Crippen molar-refractivity contribution in [3.63, 3.8) is 0 Å². The first-order valence-corrected chi connectivity index (χ1v) is 9.82. The molecule has 22 heavy (non-hydrogen) atoms. The summed E-state index contributed by atoms with van der Waals surface area (Å²) in [6.07, 6.45) is 10.5. The van der Waals surface area contributed by atoms with Gasteiger partial charge in [0.05, 0.1) is 5.75 Å². The smallest absolute Gasteiger partial charge is 0.264 e. The molecule has 0 unspecified atom stereocenters. The van der Waals surface area contributed by atoms with E-state index in [4.69, 9.17) is 4.55 Å². The third-order valence-corrected chi connectivity index (χ3v) is 4.31. The minimum Gasteiger partial charge on any atom is -0.352 e. The first-order valence-electron chi connectivity index (χ1n) is 8.22. The van der Waals surface area contributed by atoms with Crippen molar-refractivity contribution in [2.24, 2.45) is 0 Å². The van der Waals surface area contributed by atoms with Crippen LogP contribution in [0.4, 0.5) is 0 Å². The highest BCUT2D eigenvalue weighted by Crippen LogP contribution is 2.10. The number of unbranched alkanes of at least 4 members (excludes halogenated alkanes) is 9. The second kappa shape index (κ2) is 12.6. The van der Waals surface area contributed by atoms with Crippen molar-refractivity contribution in [1.29, 1.82) is 0 Å². The monoisotopic (exact) mass is 333 g/mol. The molecule has 0 heterocycles. The van der Waals surface area contributed by atoms with E-state index in [2.05, 4.69) is 11.9 Å². The Labute approximate surface area is 135 Å².